The lowest BCUT2D eigenvalue weighted by Gasteiger charge is -2.30. The molecule has 0 bridgehead atoms. The van der Waals surface area contributed by atoms with Crippen molar-refractivity contribution >= 4 is 40.5 Å². The molecule has 1 amide bonds. The van der Waals surface area contributed by atoms with Gasteiger partial charge in [0.2, 0.25) is 21.7 Å². The monoisotopic (exact) mass is 791 g/mol. The summed E-state index contributed by atoms with van der Waals surface area (Å²) in [7, 11) is -6.77. The summed E-state index contributed by atoms with van der Waals surface area (Å²) in [5.41, 5.74) is 1.31. The molecule has 1 saturated carbocycles. The lowest BCUT2D eigenvalue weighted by atomic mass is 9.85. The molecule has 1 saturated heterocycles. The molecule has 54 heavy (non-hydrogen) atoms. The number of rotatable bonds is 12. The molecule has 1 atom stereocenters. The van der Waals surface area contributed by atoms with Gasteiger partial charge < -0.3 is 9.64 Å². The van der Waals surface area contributed by atoms with Crippen molar-refractivity contribution in [1.82, 2.24) is 19.1 Å². The van der Waals surface area contributed by atoms with Gasteiger partial charge in [0.15, 0.2) is 28.2 Å². The van der Waals surface area contributed by atoms with Crippen LogP contribution in [0.25, 0.3) is 10.8 Å². The van der Waals surface area contributed by atoms with E-state index in [-0.39, 0.29) is 37.2 Å². The molecule has 1 aliphatic heterocycles. The van der Waals surface area contributed by atoms with Crippen LogP contribution in [-0.4, -0.2) is 60.7 Å². The fourth-order valence-corrected chi connectivity index (χ4v) is 9.54. The van der Waals surface area contributed by atoms with Gasteiger partial charge in [0.1, 0.15) is 12.8 Å². The lowest BCUT2D eigenvalue weighted by Crippen LogP contribution is -2.48. The molecule has 0 radical (unpaired) electrons. The Morgan fingerprint density at radius 1 is 0.907 bits per heavy atom. The number of sulfonamides is 1. The molecule has 2 aromatic carbocycles. The smallest absolute Gasteiger partial charge is 0.276 e. The minimum Gasteiger partial charge on any atom is -0.359 e. The number of fused-ring (bicyclic) bond motifs is 1. The fourth-order valence-electron chi connectivity index (χ4n) is 7.01. The maximum absolute atomic E-state index is 14.8. The first kappa shape index (κ1) is 39.6. The van der Waals surface area contributed by atoms with Crippen LogP contribution in [0, 0.1) is 29.1 Å². The fraction of sp³-hybridized carbons (Fsp3) is 0.459. The number of aromatic nitrogens is 3. The molecule has 3 heterocycles. The van der Waals surface area contributed by atoms with Gasteiger partial charge in [-0.15, -0.1) is 0 Å². The molecule has 0 unspecified atom stereocenters. The average Bonchev–Trinajstić information content (AvgIpc) is 3.66. The molecule has 290 valence electrons. The predicted molar refractivity (Wildman–Crippen MR) is 195 cm³/mol. The van der Waals surface area contributed by atoms with Gasteiger partial charge in [0.25, 0.3) is 5.56 Å². The number of pyridine rings is 1. The van der Waals surface area contributed by atoms with Crippen LogP contribution in [0.1, 0.15) is 62.1 Å². The molecular formula is C37H42F5N5O5SSi. The van der Waals surface area contributed by atoms with Crippen molar-refractivity contribution < 1.29 is 39.9 Å². The Morgan fingerprint density at radius 3 is 2.24 bits per heavy atom. The predicted octanol–water partition coefficient (Wildman–Crippen LogP) is 7.23. The van der Waals surface area contributed by atoms with E-state index in [0.29, 0.717) is 27.9 Å². The Kier molecular flexibility index (Phi) is 11.7. The van der Waals surface area contributed by atoms with E-state index in [1.54, 1.807) is 12.3 Å². The number of hydrogen-bond donors (Lipinski definition) is 0. The number of carbonyl (C=O) groups excluding carboxylic acids is 1. The van der Waals surface area contributed by atoms with E-state index in [1.165, 1.54) is 40.4 Å². The maximum Gasteiger partial charge on any atom is 0.276 e. The number of halogens is 5. The van der Waals surface area contributed by atoms with Crippen molar-refractivity contribution in [3.05, 3.63) is 93.4 Å². The Morgan fingerprint density at radius 2 is 1.59 bits per heavy atom. The largest absolute Gasteiger partial charge is 0.359 e. The van der Waals surface area contributed by atoms with E-state index >= 15 is 0 Å². The van der Waals surface area contributed by atoms with Crippen molar-refractivity contribution in [3.63, 3.8) is 0 Å². The van der Waals surface area contributed by atoms with Crippen molar-refractivity contribution in [3.8, 4) is 0 Å². The molecule has 2 fully saturated rings. The second-order valence-electron chi connectivity index (χ2n) is 15.1. The van der Waals surface area contributed by atoms with Gasteiger partial charge in [-0.2, -0.15) is 9.40 Å². The van der Waals surface area contributed by atoms with Gasteiger partial charge in [0, 0.05) is 38.5 Å². The van der Waals surface area contributed by atoms with Gasteiger partial charge in [-0.3, -0.25) is 14.6 Å². The number of anilines is 1. The highest BCUT2D eigenvalue weighted by atomic mass is 32.2. The topological polar surface area (TPSA) is 115 Å². The van der Waals surface area contributed by atoms with Crippen LogP contribution in [0.15, 0.2) is 52.4 Å². The zero-order chi connectivity index (χ0) is 38.9. The van der Waals surface area contributed by atoms with E-state index in [2.05, 4.69) is 29.7 Å². The van der Waals surface area contributed by atoms with Gasteiger partial charge in [-0.05, 0) is 67.5 Å². The van der Waals surface area contributed by atoms with Crippen LogP contribution in [0.4, 0.5) is 27.6 Å². The van der Waals surface area contributed by atoms with Gasteiger partial charge in [-0.1, -0.05) is 45.0 Å². The van der Waals surface area contributed by atoms with E-state index in [1.807, 2.05) is 6.07 Å². The zero-order valence-corrected chi connectivity index (χ0v) is 32.1. The van der Waals surface area contributed by atoms with Gasteiger partial charge >= 0.3 is 0 Å². The lowest BCUT2D eigenvalue weighted by molar-refractivity contribution is -0.121. The molecule has 4 aromatic rings. The first-order valence-electron chi connectivity index (χ1n) is 18.0. The SMILES string of the molecule is C[Si](C)(C)CCOCn1ncc2cc(N(Cc3ccc(C4CCCCC4)cn3)C(=O)[C@H]3CCCN3S(=O)(=O)c3c(F)c(F)c(F)c(F)c3F)ccc2c1=O. The highest BCUT2D eigenvalue weighted by molar-refractivity contribution is 7.89. The molecule has 6 rings (SSSR count). The molecule has 2 aromatic heterocycles. The molecule has 0 N–H and O–H groups in total. The zero-order valence-electron chi connectivity index (χ0n) is 30.3. The van der Waals surface area contributed by atoms with Crippen LogP contribution >= 0.6 is 0 Å². The van der Waals surface area contributed by atoms with E-state index in [0.717, 1.165) is 37.3 Å². The number of carbonyl (C=O) groups is 1. The van der Waals surface area contributed by atoms with Crippen molar-refractivity contribution in [1.29, 1.82) is 0 Å². The van der Waals surface area contributed by atoms with Crippen LogP contribution < -0.4 is 10.5 Å². The highest BCUT2D eigenvalue weighted by Crippen LogP contribution is 2.35. The normalized spacial score (nSPS) is 17.4. The highest BCUT2D eigenvalue weighted by Gasteiger charge is 2.45. The third-order valence-electron chi connectivity index (χ3n) is 10.1. The maximum atomic E-state index is 14.8. The molecule has 0 spiro atoms. The quantitative estimate of drug-likeness (QED) is 0.0489. The first-order chi connectivity index (χ1) is 25.6. The van der Waals surface area contributed by atoms with Crippen molar-refractivity contribution in [2.45, 2.75) is 101 Å². The number of amides is 1. The third-order valence-corrected chi connectivity index (χ3v) is 13.7. The third kappa shape index (κ3) is 8.14. The van der Waals surface area contributed by atoms with Crippen LogP contribution in [0.2, 0.25) is 25.7 Å². The minimum absolute atomic E-state index is 0.0524. The summed E-state index contributed by atoms with van der Waals surface area (Å²) >= 11 is 0. The number of benzene rings is 2. The number of nitrogens with zero attached hydrogens (tertiary/aromatic N) is 5. The summed E-state index contributed by atoms with van der Waals surface area (Å²) in [6.07, 6.45) is 8.65. The molecular weight excluding hydrogens is 750 g/mol. The minimum atomic E-state index is -5.42. The van der Waals surface area contributed by atoms with Crippen LogP contribution in [0.3, 0.4) is 0 Å². The van der Waals surface area contributed by atoms with Crippen LogP contribution in [-0.2, 0) is 32.8 Å². The summed E-state index contributed by atoms with van der Waals surface area (Å²) in [4.78, 5) is 31.6. The molecule has 17 heteroatoms. The summed E-state index contributed by atoms with van der Waals surface area (Å²) in [6, 6.07) is 7.59. The summed E-state index contributed by atoms with van der Waals surface area (Å²) in [6.45, 7) is 6.47. The van der Waals surface area contributed by atoms with Gasteiger partial charge in [0.05, 0.1) is 23.8 Å². The van der Waals surface area contributed by atoms with Crippen LogP contribution in [0.5, 0.6) is 0 Å². The Hall–Kier alpha value is -4.06. The van der Waals surface area contributed by atoms with E-state index < -0.39 is 76.1 Å². The summed E-state index contributed by atoms with van der Waals surface area (Å²) in [5, 5.41) is 4.89. The average molecular weight is 792 g/mol. The van der Waals surface area contributed by atoms with Crippen molar-refractivity contribution in [2.75, 3.05) is 18.1 Å². The molecule has 1 aliphatic carbocycles. The van der Waals surface area contributed by atoms with E-state index in [4.69, 9.17) is 4.74 Å². The Bertz CT molecular complexity index is 2180. The van der Waals surface area contributed by atoms with E-state index in [9.17, 15) is 40.0 Å². The summed E-state index contributed by atoms with van der Waals surface area (Å²) in [5.74, 6) is -12.8. The molecule has 10 nitrogen and oxygen atoms in total. The Balaban J connectivity index is 1.34. The standard InChI is InChI=1S/C37H42F5N5O5SSi/c1-54(2,3)17-16-52-22-46-36(48)28-14-13-27(18-25(28)20-44-46)45(21-26-12-11-24(19-43-26)23-8-5-4-6-9-23)37(49)29-10-7-15-47(29)53(50,51)35-33(41)31(39)30(38)32(40)34(35)42/h11-14,18-20,23,29H,4-10,15-17,21-22H2,1-3H3/t29-/m1/s1. The number of ether oxygens (including phenoxy) is 1. The van der Waals surface area contributed by atoms with Gasteiger partial charge in [-0.25, -0.2) is 35.1 Å². The Labute approximate surface area is 311 Å². The molecule has 2 aliphatic rings. The number of hydrogen-bond acceptors (Lipinski definition) is 7. The first-order valence-corrected chi connectivity index (χ1v) is 23.1. The van der Waals surface area contributed by atoms with Crippen molar-refractivity contribution in [2.24, 2.45) is 0 Å². The second-order valence-corrected chi connectivity index (χ2v) is 22.5. The summed E-state index contributed by atoms with van der Waals surface area (Å²) < 4.78 is 106. The second kappa shape index (κ2) is 16.0.